The summed E-state index contributed by atoms with van der Waals surface area (Å²) >= 11 is 0. The molecule has 0 saturated carbocycles. The van der Waals surface area contributed by atoms with Crippen LogP contribution in [0.1, 0.15) is 36.2 Å². The first kappa shape index (κ1) is 16.4. The number of hydrogen-bond donors (Lipinski definition) is 0. The van der Waals surface area contributed by atoms with Crippen molar-refractivity contribution in [2.24, 2.45) is 11.8 Å². The van der Waals surface area contributed by atoms with Gasteiger partial charge in [0.15, 0.2) is 5.78 Å². The largest absolute Gasteiger partial charge is 0.465 e. The van der Waals surface area contributed by atoms with Crippen LogP contribution in [0.3, 0.4) is 0 Å². The Morgan fingerprint density at radius 3 is 2.67 bits per heavy atom. The molecule has 0 bridgehead atoms. The van der Waals surface area contributed by atoms with Crippen molar-refractivity contribution >= 4 is 28.3 Å². The molecule has 0 amide bonds. The Hall–Kier alpha value is -2.49. The topological polar surface area (TPSA) is 60.4 Å². The van der Waals surface area contributed by atoms with Crippen molar-refractivity contribution in [2.45, 2.75) is 26.7 Å². The van der Waals surface area contributed by atoms with E-state index >= 15 is 0 Å². The molecule has 0 radical (unpaired) electrons. The number of ketones is 2. The van der Waals surface area contributed by atoms with Crippen molar-refractivity contribution in [3.63, 3.8) is 0 Å². The summed E-state index contributed by atoms with van der Waals surface area (Å²) < 4.78 is 5.01. The lowest BCUT2D eigenvalue weighted by Crippen LogP contribution is -2.38. The fourth-order valence-electron chi connectivity index (χ4n) is 3.63. The molecule has 4 nitrogen and oxygen atoms in total. The highest BCUT2D eigenvalue weighted by Gasteiger charge is 2.41. The zero-order valence-electron chi connectivity index (χ0n) is 13.9. The van der Waals surface area contributed by atoms with Gasteiger partial charge in [-0.15, -0.1) is 0 Å². The summed E-state index contributed by atoms with van der Waals surface area (Å²) in [7, 11) is 0. The molecule has 1 aliphatic rings. The maximum Gasteiger partial charge on any atom is 0.317 e. The van der Waals surface area contributed by atoms with Crippen molar-refractivity contribution in [1.82, 2.24) is 0 Å². The normalized spacial score (nSPS) is 18.1. The minimum absolute atomic E-state index is 0.129. The van der Waals surface area contributed by atoms with Gasteiger partial charge in [0.2, 0.25) is 0 Å². The van der Waals surface area contributed by atoms with Gasteiger partial charge in [0.05, 0.1) is 6.61 Å². The van der Waals surface area contributed by atoms with Gasteiger partial charge in [0.25, 0.3) is 0 Å². The van der Waals surface area contributed by atoms with Crippen molar-refractivity contribution in [3.05, 3.63) is 47.5 Å². The first-order chi connectivity index (χ1) is 11.5. The van der Waals surface area contributed by atoms with E-state index in [0.29, 0.717) is 18.4 Å². The molecule has 0 heterocycles. The van der Waals surface area contributed by atoms with E-state index in [4.69, 9.17) is 4.74 Å². The Bertz CT molecular complexity index is 821. The molecule has 3 rings (SSSR count). The number of carbonyl (C=O) groups is 3. The van der Waals surface area contributed by atoms with Gasteiger partial charge in [-0.05, 0) is 43.0 Å². The van der Waals surface area contributed by atoms with Crippen molar-refractivity contribution in [1.29, 1.82) is 0 Å². The number of Topliss-reactive ketones (excluding diaryl/α,β-unsaturated/α-hetero) is 2. The van der Waals surface area contributed by atoms with Crippen LogP contribution < -0.4 is 0 Å². The zero-order valence-corrected chi connectivity index (χ0v) is 13.9. The van der Waals surface area contributed by atoms with Crippen LogP contribution in [0.5, 0.6) is 0 Å². The lowest BCUT2D eigenvalue weighted by Gasteiger charge is -2.28. The van der Waals surface area contributed by atoms with Crippen LogP contribution in [0.4, 0.5) is 0 Å². The molecule has 0 fully saturated rings. The number of rotatable bonds is 4. The molecule has 0 saturated heterocycles. The highest BCUT2D eigenvalue weighted by molar-refractivity contribution is 6.10. The van der Waals surface area contributed by atoms with Gasteiger partial charge in [0, 0.05) is 11.5 Å². The first-order valence-corrected chi connectivity index (χ1v) is 8.26. The number of esters is 1. The molecule has 0 aliphatic heterocycles. The Morgan fingerprint density at radius 1 is 1.21 bits per heavy atom. The SMILES string of the molecule is CCOC(=O)[C@@H](C(C)=O)[C@@H]1CCc2c(ccc3ccccc23)C1=O. The summed E-state index contributed by atoms with van der Waals surface area (Å²) in [5, 5.41) is 2.16. The van der Waals surface area contributed by atoms with E-state index in [9.17, 15) is 14.4 Å². The Balaban J connectivity index is 2.01. The van der Waals surface area contributed by atoms with Crippen LogP contribution in [0, 0.1) is 11.8 Å². The predicted molar refractivity (Wildman–Crippen MR) is 90.9 cm³/mol. The first-order valence-electron chi connectivity index (χ1n) is 8.26. The van der Waals surface area contributed by atoms with Gasteiger partial charge >= 0.3 is 5.97 Å². The van der Waals surface area contributed by atoms with Gasteiger partial charge in [-0.3, -0.25) is 14.4 Å². The van der Waals surface area contributed by atoms with Crippen LogP contribution in [-0.4, -0.2) is 24.1 Å². The molecule has 0 aromatic heterocycles. The van der Waals surface area contributed by atoms with Crippen molar-refractivity contribution in [3.8, 4) is 0 Å². The Morgan fingerprint density at radius 2 is 1.96 bits per heavy atom. The Kier molecular flexibility index (Phi) is 4.47. The van der Waals surface area contributed by atoms with Crippen molar-refractivity contribution in [2.75, 3.05) is 6.61 Å². The molecule has 4 heteroatoms. The summed E-state index contributed by atoms with van der Waals surface area (Å²) in [5.41, 5.74) is 1.64. The monoisotopic (exact) mass is 324 g/mol. The van der Waals surface area contributed by atoms with E-state index in [2.05, 4.69) is 0 Å². The lowest BCUT2D eigenvalue weighted by molar-refractivity contribution is -0.152. The molecule has 0 unspecified atom stereocenters. The predicted octanol–water partition coefficient (Wildman–Crippen LogP) is 3.35. The lowest BCUT2D eigenvalue weighted by atomic mass is 9.73. The van der Waals surface area contributed by atoms with E-state index in [1.807, 2.05) is 36.4 Å². The molecule has 2 aromatic carbocycles. The minimum Gasteiger partial charge on any atom is -0.465 e. The van der Waals surface area contributed by atoms with Gasteiger partial charge in [-0.1, -0.05) is 36.4 Å². The van der Waals surface area contributed by atoms with E-state index in [0.717, 1.165) is 16.3 Å². The second kappa shape index (κ2) is 6.56. The van der Waals surface area contributed by atoms with Crippen molar-refractivity contribution < 1.29 is 19.1 Å². The van der Waals surface area contributed by atoms with Crippen LogP contribution >= 0.6 is 0 Å². The molecule has 2 atom stereocenters. The maximum atomic E-state index is 13.0. The van der Waals surface area contributed by atoms with Gasteiger partial charge < -0.3 is 4.74 Å². The summed E-state index contributed by atoms with van der Waals surface area (Å²) in [6, 6.07) is 11.7. The second-order valence-electron chi connectivity index (χ2n) is 6.16. The summed E-state index contributed by atoms with van der Waals surface area (Å²) in [5.74, 6) is -2.66. The highest BCUT2D eigenvalue weighted by atomic mass is 16.5. The van der Waals surface area contributed by atoms with E-state index < -0.39 is 17.8 Å². The second-order valence-corrected chi connectivity index (χ2v) is 6.16. The molecule has 2 aromatic rings. The number of ether oxygens (including phenoxy) is 1. The zero-order chi connectivity index (χ0) is 17.3. The number of hydrogen-bond acceptors (Lipinski definition) is 4. The fraction of sp³-hybridized carbons (Fsp3) is 0.350. The van der Waals surface area contributed by atoms with Crippen LogP contribution in [0.2, 0.25) is 0 Å². The molecule has 24 heavy (non-hydrogen) atoms. The molecular weight excluding hydrogens is 304 g/mol. The third-order valence-corrected chi connectivity index (χ3v) is 4.73. The molecular formula is C20H20O4. The van der Waals surface area contributed by atoms with Crippen LogP contribution in [0.15, 0.2) is 36.4 Å². The van der Waals surface area contributed by atoms with Gasteiger partial charge in [0.1, 0.15) is 11.7 Å². The van der Waals surface area contributed by atoms with E-state index in [1.165, 1.54) is 6.92 Å². The quantitative estimate of drug-likeness (QED) is 0.639. The van der Waals surface area contributed by atoms with Gasteiger partial charge in [-0.25, -0.2) is 0 Å². The third-order valence-electron chi connectivity index (χ3n) is 4.73. The van der Waals surface area contributed by atoms with E-state index in [1.54, 1.807) is 6.92 Å². The maximum absolute atomic E-state index is 13.0. The number of fused-ring (bicyclic) bond motifs is 3. The molecule has 124 valence electrons. The average Bonchev–Trinajstić information content (AvgIpc) is 2.57. The minimum atomic E-state index is -1.00. The molecule has 0 spiro atoms. The summed E-state index contributed by atoms with van der Waals surface area (Å²) in [6.45, 7) is 3.24. The van der Waals surface area contributed by atoms with Crippen LogP contribution in [-0.2, 0) is 20.7 Å². The number of benzene rings is 2. The standard InChI is InChI=1S/C20H20O4/c1-3-24-20(23)18(12(2)21)17-11-10-15-14-7-5-4-6-13(14)8-9-16(15)19(17)22/h4-9,17-18H,3,10-11H2,1-2H3/t17-,18-/m0/s1. The van der Waals surface area contributed by atoms with Gasteiger partial charge in [-0.2, -0.15) is 0 Å². The number of carbonyl (C=O) groups excluding carboxylic acids is 3. The smallest absolute Gasteiger partial charge is 0.317 e. The highest BCUT2D eigenvalue weighted by Crippen LogP contribution is 2.35. The third kappa shape index (κ3) is 2.73. The molecule has 1 aliphatic carbocycles. The van der Waals surface area contributed by atoms with Crippen LogP contribution in [0.25, 0.3) is 10.8 Å². The number of aryl methyl sites for hydroxylation is 1. The molecule has 0 N–H and O–H groups in total. The summed E-state index contributed by atoms with van der Waals surface area (Å²) in [4.78, 5) is 37.1. The van der Waals surface area contributed by atoms with E-state index in [-0.39, 0.29) is 18.2 Å². The summed E-state index contributed by atoms with van der Waals surface area (Å²) in [6.07, 6.45) is 1.17. The average molecular weight is 324 g/mol. The Labute approximate surface area is 140 Å². The fourth-order valence-corrected chi connectivity index (χ4v) is 3.63.